The molecule has 0 spiro atoms. The van der Waals surface area contributed by atoms with Gasteiger partial charge in [-0.15, -0.1) is 0 Å². The van der Waals surface area contributed by atoms with Gasteiger partial charge in [-0.3, -0.25) is 0 Å². The van der Waals surface area contributed by atoms with Gasteiger partial charge in [-0.1, -0.05) is 82.8 Å². The predicted molar refractivity (Wildman–Crippen MR) is 90.6 cm³/mol. The summed E-state index contributed by atoms with van der Waals surface area (Å²) in [6.07, 6.45) is 14.1. The number of unbranched alkanes of at least 4 members (excludes halogenated alkanes) is 9. The average molecular weight is 305 g/mol. The third-order valence-electron chi connectivity index (χ3n) is 3.74. The van der Waals surface area contributed by atoms with Crippen molar-refractivity contribution in [2.75, 3.05) is 11.5 Å². The molecule has 0 heterocycles. The molecule has 0 aromatic heterocycles. The Balaban J connectivity index is 3.29. The van der Waals surface area contributed by atoms with E-state index in [0.29, 0.717) is 5.75 Å². The molecule has 0 fully saturated rings. The fourth-order valence-electron chi connectivity index (χ4n) is 2.41. The lowest BCUT2D eigenvalue weighted by Gasteiger charge is -2.15. The van der Waals surface area contributed by atoms with Crippen molar-refractivity contribution in [2.24, 2.45) is 0 Å². The number of rotatable bonds is 15. The molecule has 0 amide bonds. The molecule has 20 heavy (non-hydrogen) atoms. The van der Waals surface area contributed by atoms with Crippen LogP contribution in [0.15, 0.2) is 0 Å². The van der Waals surface area contributed by atoms with Crippen molar-refractivity contribution < 1.29 is 9.66 Å². The molecule has 0 aliphatic carbocycles. The van der Waals surface area contributed by atoms with E-state index in [1.165, 1.54) is 57.8 Å². The smallest absolute Gasteiger partial charge is 0.131 e. The fraction of sp³-hybridized carbons (Fsp3) is 1.00. The molecule has 0 saturated heterocycles. The summed E-state index contributed by atoms with van der Waals surface area (Å²) in [5, 5.41) is 9.78. The van der Waals surface area contributed by atoms with Crippen molar-refractivity contribution in [3.05, 3.63) is 0 Å². The Bertz CT molecular complexity index is 188. The normalized spacial score (nSPS) is 14.4. The lowest BCUT2D eigenvalue weighted by atomic mass is 10.1. The van der Waals surface area contributed by atoms with Crippen LogP contribution in [0.5, 0.6) is 0 Å². The molecule has 2 nitrogen and oxygen atoms in total. The van der Waals surface area contributed by atoms with Crippen LogP contribution < -0.4 is 0 Å². The first-order valence-corrected chi connectivity index (χ1v) is 10.2. The SMILES string of the molecule is CCCCCCCCCC[S@@+]([O-])C[C@@H](O)CCCCC. The van der Waals surface area contributed by atoms with Crippen LogP contribution in [0.1, 0.15) is 90.9 Å². The summed E-state index contributed by atoms with van der Waals surface area (Å²) in [4.78, 5) is 0. The molecule has 0 bridgehead atoms. The van der Waals surface area contributed by atoms with E-state index >= 15 is 0 Å². The first-order valence-electron chi connectivity index (χ1n) is 8.73. The van der Waals surface area contributed by atoms with Gasteiger partial charge in [-0.25, -0.2) is 0 Å². The average Bonchev–Trinajstić information content (AvgIpc) is 2.42. The highest BCUT2D eigenvalue weighted by Gasteiger charge is 2.13. The highest BCUT2D eigenvalue weighted by molar-refractivity contribution is 7.91. The molecule has 0 rings (SSSR count). The zero-order chi connectivity index (χ0) is 15.1. The molecule has 1 N–H and O–H groups in total. The van der Waals surface area contributed by atoms with Crippen LogP contribution in [-0.2, 0) is 11.2 Å². The second kappa shape index (κ2) is 15.7. The van der Waals surface area contributed by atoms with Crippen molar-refractivity contribution in [2.45, 2.75) is 97.0 Å². The molecule has 0 radical (unpaired) electrons. The van der Waals surface area contributed by atoms with E-state index in [2.05, 4.69) is 13.8 Å². The lowest BCUT2D eigenvalue weighted by Crippen LogP contribution is -2.23. The summed E-state index contributed by atoms with van der Waals surface area (Å²) in [7, 11) is 0. The van der Waals surface area contributed by atoms with E-state index in [9.17, 15) is 9.66 Å². The maximum absolute atomic E-state index is 11.8. The van der Waals surface area contributed by atoms with Gasteiger partial charge in [0.15, 0.2) is 0 Å². The Morgan fingerprint density at radius 2 is 1.30 bits per heavy atom. The molecular formula is C17H36O2S. The third-order valence-corrected chi connectivity index (χ3v) is 5.25. The second-order valence-corrected chi connectivity index (χ2v) is 7.56. The summed E-state index contributed by atoms with van der Waals surface area (Å²) in [5.41, 5.74) is 0. The van der Waals surface area contributed by atoms with Gasteiger partial charge in [-0.05, 0) is 19.3 Å². The quantitative estimate of drug-likeness (QED) is 0.348. The van der Waals surface area contributed by atoms with Crippen LogP contribution in [0.25, 0.3) is 0 Å². The summed E-state index contributed by atoms with van der Waals surface area (Å²) in [5.74, 6) is 1.26. The van der Waals surface area contributed by atoms with Crippen LogP contribution >= 0.6 is 0 Å². The molecule has 0 aliphatic heterocycles. The summed E-state index contributed by atoms with van der Waals surface area (Å²) < 4.78 is 11.8. The second-order valence-electron chi connectivity index (χ2n) is 5.94. The van der Waals surface area contributed by atoms with Crippen LogP contribution in [-0.4, -0.2) is 27.3 Å². The molecule has 0 saturated carbocycles. The molecule has 0 unspecified atom stereocenters. The van der Waals surface area contributed by atoms with E-state index in [1.807, 2.05) is 0 Å². The van der Waals surface area contributed by atoms with Crippen LogP contribution in [0.3, 0.4) is 0 Å². The number of hydrogen-bond acceptors (Lipinski definition) is 2. The molecule has 122 valence electrons. The highest BCUT2D eigenvalue weighted by atomic mass is 32.2. The number of aliphatic hydroxyl groups excluding tert-OH is 1. The van der Waals surface area contributed by atoms with E-state index < -0.39 is 11.2 Å². The highest BCUT2D eigenvalue weighted by Crippen LogP contribution is 2.11. The minimum absolute atomic E-state index is 0.351. The van der Waals surface area contributed by atoms with Crippen molar-refractivity contribution in [1.29, 1.82) is 0 Å². The van der Waals surface area contributed by atoms with Crippen molar-refractivity contribution >= 4 is 11.2 Å². The molecular weight excluding hydrogens is 268 g/mol. The zero-order valence-electron chi connectivity index (χ0n) is 13.7. The zero-order valence-corrected chi connectivity index (χ0v) is 14.6. The maximum Gasteiger partial charge on any atom is 0.131 e. The molecule has 2 atom stereocenters. The fourth-order valence-corrected chi connectivity index (χ4v) is 3.70. The first kappa shape index (κ1) is 20.3. The van der Waals surface area contributed by atoms with E-state index in [1.54, 1.807) is 0 Å². The molecule has 3 heteroatoms. The Morgan fingerprint density at radius 3 is 1.90 bits per heavy atom. The summed E-state index contributed by atoms with van der Waals surface area (Å²) in [6, 6.07) is 0. The summed E-state index contributed by atoms with van der Waals surface area (Å²) >= 11 is -0.816. The predicted octanol–water partition coefficient (Wildman–Crippen LogP) is 4.82. The van der Waals surface area contributed by atoms with E-state index in [-0.39, 0.29) is 6.10 Å². The van der Waals surface area contributed by atoms with Crippen molar-refractivity contribution in [3.63, 3.8) is 0 Å². The van der Waals surface area contributed by atoms with Gasteiger partial charge in [0.25, 0.3) is 0 Å². The minimum Gasteiger partial charge on any atom is -0.616 e. The monoisotopic (exact) mass is 304 g/mol. The van der Waals surface area contributed by atoms with Crippen molar-refractivity contribution in [3.8, 4) is 0 Å². The Hall–Kier alpha value is 0.270. The number of hydrogen-bond donors (Lipinski definition) is 1. The van der Waals surface area contributed by atoms with Gasteiger partial charge in [0.1, 0.15) is 11.5 Å². The number of aliphatic hydroxyl groups is 1. The Labute approximate surface area is 129 Å². The van der Waals surface area contributed by atoms with Crippen LogP contribution in [0, 0.1) is 0 Å². The largest absolute Gasteiger partial charge is 0.616 e. The van der Waals surface area contributed by atoms with Gasteiger partial charge in [0, 0.05) is 0 Å². The summed E-state index contributed by atoms with van der Waals surface area (Å²) in [6.45, 7) is 4.40. The van der Waals surface area contributed by atoms with Gasteiger partial charge in [-0.2, -0.15) is 0 Å². The molecule has 0 aromatic carbocycles. The van der Waals surface area contributed by atoms with Crippen LogP contribution in [0.2, 0.25) is 0 Å². The van der Waals surface area contributed by atoms with Gasteiger partial charge >= 0.3 is 0 Å². The van der Waals surface area contributed by atoms with E-state index in [0.717, 1.165) is 25.0 Å². The van der Waals surface area contributed by atoms with Gasteiger partial charge < -0.3 is 9.66 Å². The topological polar surface area (TPSA) is 43.3 Å². The lowest BCUT2D eigenvalue weighted by molar-refractivity contribution is 0.183. The Morgan fingerprint density at radius 1 is 0.800 bits per heavy atom. The maximum atomic E-state index is 11.8. The standard InChI is InChI=1S/C17H36O2S/c1-3-5-7-8-9-10-11-13-15-20(19)16-17(18)14-12-6-4-2/h17-18H,3-16H2,1-2H3/t17-,20+/m0/s1. The molecule has 0 aliphatic rings. The minimum atomic E-state index is -0.816. The Kier molecular flexibility index (Phi) is 15.9. The van der Waals surface area contributed by atoms with Crippen molar-refractivity contribution in [1.82, 2.24) is 0 Å². The van der Waals surface area contributed by atoms with E-state index in [4.69, 9.17) is 0 Å². The third kappa shape index (κ3) is 14.7. The first-order chi connectivity index (χ1) is 9.70. The van der Waals surface area contributed by atoms with Gasteiger partial charge in [0.05, 0.1) is 6.10 Å². The van der Waals surface area contributed by atoms with Gasteiger partial charge in [0.2, 0.25) is 0 Å². The molecule has 0 aromatic rings. The van der Waals surface area contributed by atoms with Crippen LogP contribution in [0.4, 0.5) is 0 Å².